The van der Waals surface area contributed by atoms with Gasteiger partial charge in [-0.3, -0.25) is 4.79 Å². The smallest absolute Gasteiger partial charge is 0.312 e. The minimum Gasteiger partial charge on any atom is -0.466 e. The van der Waals surface area contributed by atoms with Crippen LogP contribution in [0.25, 0.3) is 0 Å². The Morgan fingerprint density at radius 3 is 2.67 bits per heavy atom. The van der Waals surface area contributed by atoms with E-state index in [1.54, 1.807) is 11.8 Å². The van der Waals surface area contributed by atoms with Gasteiger partial charge in [-0.2, -0.15) is 12.6 Å². The van der Waals surface area contributed by atoms with Crippen LogP contribution < -0.4 is 0 Å². The fourth-order valence-electron chi connectivity index (χ4n) is 1.92. The molecule has 4 nitrogen and oxygen atoms in total. The number of esters is 1. The van der Waals surface area contributed by atoms with Gasteiger partial charge < -0.3 is 14.2 Å². The largest absolute Gasteiger partial charge is 0.466 e. The molecular weight excluding hydrogens is 308 g/mol. The average Bonchev–Trinajstić information content (AvgIpc) is 2.48. The van der Waals surface area contributed by atoms with E-state index in [1.807, 2.05) is 6.92 Å². The average molecular weight is 337 g/mol. The Morgan fingerprint density at radius 2 is 2.10 bits per heavy atom. The molecule has 0 bridgehead atoms. The van der Waals surface area contributed by atoms with Crippen LogP contribution in [-0.4, -0.2) is 48.3 Å². The highest BCUT2D eigenvalue weighted by Gasteiger charge is 2.26. The molecule has 1 fully saturated rings. The van der Waals surface area contributed by atoms with Gasteiger partial charge in [-0.05, 0) is 33.1 Å². The molecule has 0 saturated carbocycles. The van der Waals surface area contributed by atoms with E-state index < -0.39 is 0 Å². The molecule has 2 atom stereocenters. The van der Waals surface area contributed by atoms with Crippen LogP contribution in [0.3, 0.4) is 0 Å². The lowest BCUT2D eigenvalue weighted by Crippen LogP contribution is -2.31. The first-order valence-electron chi connectivity index (χ1n) is 7.70. The molecule has 0 aromatic rings. The zero-order valence-corrected chi connectivity index (χ0v) is 15.0. The lowest BCUT2D eigenvalue weighted by molar-refractivity contribution is -0.150. The van der Waals surface area contributed by atoms with Gasteiger partial charge in [0, 0.05) is 19.0 Å². The van der Waals surface area contributed by atoms with E-state index in [9.17, 15) is 4.79 Å². The molecule has 0 amide bonds. The third kappa shape index (κ3) is 7.77. The van der Waals surface area contributed by atoms with Crippen molar-refractivity contribution in [2.45, 2.75) is 50.2 Å². The molecule has 0 aromatic heterocycles. The molecule has 2 unspecified atom stereocenters. The van der Waals surface area contributed by atoms with E-state index in [2.05, 4.69) is 26.5 Å². The molecule has 1 aliphatic heterocycles. The lowest BCUT2D eigenvalue weighted by atomic mass is 10.1. The summed E-state index contributed by atoms with van der Waals surface area (Å²) in [4.78, 5) is 12.1. The predicted octanol–water partition coefficient (Wildman–Crippen LogP) is 3.15. The van der Waals surface area contributed by atoms with Gasteiger partial charge in [0.05, 0.1) is 29.3 Å². The van der Waals surface area contributed by atoms with E-state index in [0.717, 1.165) is 32.5 Å². The van der Waals surface area contributed by atoms with Gasteiger partial charge in [0.1, 0.15) is 0 Å². The fourth-order valence-corrected chi connectivity index (χ4v) is 3.14. The van der Waals surface area contributed by atoms with Gasteiger partial charge in [-0.1, -0.05) is 6.92 Å². The maximum absolute atomic E-state index is 12.1. The predicted molar refractivity (Wildman–Crippen MR) is 90.1 cm³/mol. The van der Waals surface area contributed by atoms with Crippen LogP contribution in [0.5, 0.6) is 0 Å². The molecule has 21 heavy (non-hydrogen) atoms. The highest BCUT2D eigenvalue weighted by Crippen LogP contribution is 2.34. The molecule has 124 valence electrons. The number of rotatable bonds is 9. The summed E-state index contributed by atoms with van der Waals surface area (Å²) >= 11 is 6.29. The summed E-state index contributed by atoms with van der Waals surface area (Å²) < 4.78 is 16.2. The monoisotopic (exact) mass is 336 g/mol. The number of thioether (sulfide) groups is 1. The Balaban J connectivity index is 2.45. The van der Waals surface area contributed by atoms with Crippen molar-refractivity contribution in [2.24, 2.45) is 5.92 Å². The first-order valence-corrected chi connectivity index (χ1v) is 9.14. The number of carbonyl (C=O) groups is 1. The standard InChI is InChI=1S/C15H28O4S2/c1-4-15(3,20)21-11-12(14(16)18-5-2)10-19-13-6-8-17-9-7-13/h12-13,20H,4-11H2,1-3H3. The summed E-state index contributed by atoms with van der Waals surface area (Å²) in [6.07, 6.45) is 2.95. The van der Waals surface area contributed by atoms with Crippen molar-refractivity contribution < 1.29 is 19.0 Å². The SMILES string of the molecule is CCOC(=O)C(COC1CCOCC1)CSC(C)(S)CC. The Hall–Kier alpha value is 0.0900. The third-order valence-corrected chi connectivity index (χ3v) is 5.76. The second-order valence-electron chi connectivity index (χ2n) is 5.43. The van der Waals surface area contributed by atoms with Crippen molar-refractivity contribution in [1.82, 2.24) is 0 Å². The Labute approximate surface area is 138 Å². The molecule has 0 radical (unpaired) electrons. The molecule has 6 heteroatoms. The molecule has 1 heterocycles. The molecule has 0 aromatic carbocycles. The number of ether oxygens (including phenoxy) is 3. The highest BCUT2D eigenvalue weighted by molar-refractivity contribution is 8.11. The molecule has 1 saturated heterocycles. The van der Waals surface area contributed by atoms with Gasteiger partial charge in [0.15, 0.2) is 0 Å². The number of hydrogen-bond donors (Lipinski definition) is 1. The quantitative estimate of drug-likeness (QED) is 0.398. The Morgan fingerprint density at radius 1 is 1.43 bits per heavy atom. The number of thiol groups is 1. The van der Waals surface area contributed by atoms with Crippen LogP contribution in [0.2, 0.25) is 0 Å². The van der Waals surface area contributed by atoms with E-state index >= 15 is 0 Å². The van der Waals surface area contributed by atoms with Crippen molar-refractivity contribution in [3.63, 3.8) is 0 Å². The molecule has 0 N–H and O–H groups in total. The van der Waals surface area contributed by atoms with Crippen molar-refractivity contribution in [2.75, 3.05) is 32.2 Å². The topological polar surface area (TPSA) is 44.8 Å². The number of carbonyl (C=O) groups excluding carboxylic acids is 1. The van der Waals surface area contributed by atoms with Gasteiger partial charge in [-0.25, -0.2) is 0 Å². The minimum absolute atomic E-state index is 0.122. The normalized spacial score (nSPS) is 20.8. The van der Waals surface area contributed by atoms with Crippen LogP contribution in [0.15, 0.2) is 0 Å². The summed E-state index contributed by atoms with van der Waals surface area (Å²) in [5.74, 6) is 0.281. The summed E-state index contributed by atoms with van der Waals surface area (Å²) in [5, 5.41) is 0. The highest BCUT2D eigenvalue weighted by atomic mass is 32.2. The Bertz CT molecular complexity index is 304. The lowest BCUT2D eigenvalue weighted by Gasteiger charge is -2.26. The summed E-state index contributed by atoms with van der Waals surface area (Å²) in [6, 6.07) is 0. The summed E-state index contributed by atoms with van der Waals surface area (Å²) in [7, 11) is 0. The molecule has 0 aliphatic carbocycles. The molecule has 1 rings (SSSR count). The van der Waals surface area contributed by atoms with Crippen molar-refractivity contribution in [3.05, 3.63) is 0 Å². The van der Waals surface area contributed by atoms with Crippen LogP contribution in [-0.2, 0) is 19.0 Å². The Kier molecular flexibility index (Phi) is 9.09. The molecule has 1 aliphatic rings. The zero-order valence-electron chi connectivity index (χ0n) is 13.3. The number of hydrogen-bond acceptors (Lipinski definition) is 6. The first kappa shape index (κ1) is 19.1. The third-order valence-electron chi connectivity index (χ3n) is 3.57. The van der Waals surface area contributed by atoms with E-state index in [1.165, 1.54) is 0 Å². The van der Waals surface area contributed by atoms with Crippen molar-refractivity contribution in [3.8, 4) is 0 Å². The second kappa shape index (κ2) is 9.98. The molecular formula is C15H28O4S2. The van der Waals surface area contributed by atoms with Gasteiger partial charge >= 0.3 is 5.97 Å². The van der Waals surface area contributed by atoms with E-state index in [4.69, 9.17) is 14.2 Å². The summed E-state index contributed by atoms with van der Waals surface area (Å²) in [5.41, 5.74) is 0. The van der Waals surface area contributed by atoms with Gasteiger partial charge in [0.2, 0.25) is 0 Å². The second-order valence-corrected chi connectivity index (χ2v) is 8.25. The van der Waals surface area contributed by atoms with Crippen molar-refractivity contribution in [1.29, 1.82) is 0 Å². The van der Waals surface area contributed by atoms with E-state index in [0.29, 0.717) is 19.0 Å². The maximum atomic E-state index is 12.1. The van der Waals surface area contributed by atoms with Crippen molar-refractivity contribution >= 4 is 30.4 Å². The van der Waals surface area contributed by atoms with Crippen LogP contribution in [0.4, 0.5) is 0 Å². The maximum Gasteiger partial charge on any atom is 0.312 e. The summed E-state index contributed by atoms with van der Waals surface area (Å²) in [6.45, 7) is 8.31. The zero-order chi connectivity index (χ0) is 15.7. The fraction of sp³-hybridized carbons (Fsp3) is 0.933. The van der Waals surface area contributed by atoms with Gasteiger partial charge in [-0.15, -0.1) is 11.8 Å². The van der Waals surface area contributed by atoms with Crippen LogP contribution >= 0.6 is 24.4 Å². The first-order chi connectivity index (χ1) is 9.98. The van der Waals surface area contributed by atoms with Crippen LogP contribution in [0.1, 0.15) is 40.0 Å². The van der Waals surface area contributed by atoms with Gasteiger partial charge in [0.25, 0.3) is 0 Å². The van der Waals surface area contributed by atoms with E-state index in [-0.39, 0.29) is 22.1 Å². The molecule has 0 spiro atoms. The van der Waals surface area contributed by atoms with Crippen LogP contribution in [0, 0.1) is 5.92 Å². The minimum atomic E-state index is -0.226.